The highest BCUT2D eigenvalue weighted by molar-refractivity contribution is 5.92. The summed E-state index contributed by atoms with van der Waals surface area (Å²) in [6.45, 7) is 4.51. The highest BCUT2D eigenvalue weighted by Crippen LogP contribution is 2.26. The first-order chi connectivity index (χ1) is 16.0. The number of hydrogen-bond donors (Lipinski definition) is 1. The van der Waals surface area contributed by atoms with E-state index in [4.69, 9.17) is 4.74 Å². The van der Waals surface area contributed by atoms with Crippen molar-refractivity contribution in [3.05, 3.63) is 90.2 Å². The zero-order valence-electron chi connectivity index (χ0n) is 18.5. The Morgan fingerprint density at radius 2 is 1.70 bits per heavy atom. The van der Waals surface area contributed by atoms with E-state index >= 15 is 0 Å². The Balaban J connectivity index is 1.57. The number of anilines is 1. The molecule has 1 amide bonds. The van der Waals surface area contributed by atoms with Gasteiger partial charge in [0.15, 0.2) is 5.82 Å². The molecule has 0 saturated carbocycles. The zero-order valence-corrected chi connectivity index (χ0v) is 18.5. The molecule has 0 saturated heterocycles. The average molecular weight is 445 g/mol. The van der Waals surface area contributed by atoms with E-state index in [9.17, 15) is 9.18 Å². The maximum absolute atomic E-state index is 14.5. The Morgan fingerprint density at radius 1 is 1.00 bits per heavy atom. The first kappa shape index (κ1) is 22.2. The lowest BCUT2D eigenvalue weighted by atomic mass is 10.1. The van der Waals surface area contributed by atoms with E-state index in [1.54, 1.807) is 47.1 Å². The smallest absolute Gasteiger partial charge is 0.336 e. The maximum Gasteiger partial charge on any atom is 0.336 e. The first-order valence-corrected chi connectivity index (χ1v) is 10.8. The summed E-state index contributed by atoms with van der Waals surface area (Å²) in [4.78, 5) is 16.8. The van der Waals surface area contributed by atoms with Crippen molar-refractivity contribution in [1.29, 1.82) is 0 Å². The summed E-state index contributed by atoms with van der Waals surface area (Å²) < 4.78 is 21.7. The standard InChI is InChI=1S/C26H25FN4O2/c1-18(2)17-33-26-29-25(22-10-6-7-11-23(22)27)31(30-26)21-14-12-20(13-15-21)28-24(32)16-19-8-4-3-5-9-19/h3-15,18H,16-17H2,1-2H3,(H,28,32). The molecule has 1 N–H and O–H groups in total. The van der Waals surface area contributed by atoms with Gasteiger partial charge in [-0.3, -0.25) is 4.79 Å². The average Bonchev–Trinajstić information content (AvgIpc) is 3.23. The molecule has 4 rings (SSSR count). The van der Waals surface area contributed by atoms with Crippen LogP contribution in [-0.4, -0.2) is 27.3 Å². The zero-order chi connectivity index (χ0) is 23.2. The molecule has 4 aromatic rings. The molecule has 6 nitrogen and oxygen atoms in total. The van der Waals surface area contributed by atoms with Crippen LogP contribution in [0.15, 0.2) is 78.9 Å². The van der Waals surface area contributed by atoms with Gasteiger partial charge >= 0.3 is 6.01 Å². The van der Waals surface area contributed by atoms with Gasteiger partial charge in [0.05, 0.1) is 24.3 Å². The third-order valence-corrected chi connectivity index (χ3v) is 4.85. The number of aromatic nitrogens is 3. The lowest BCUT2D eigenvalue weighted by Gasteiger charge is -2.09. The molecule has 0 unspecified atom stereocenters. The maximum atomic E-state index is 14.5. The second kappa shape index (κ2) is 10.1. The largest absolute Gasteiger partial charge is 0.462 e. The van der Waals surface area contributed by atoms with E-state index in [0.29, 0.717) is 41.7 Å². The summed E-state index contributed by atoms with van der Waals surface area (Å²) >= 11 is 0. The Hall–Kier alpha value is -4.00. The normalized spacial score (nSPS) is 10.9. The molecule has 168 valence electrons. The molecule has 0 bridgehead atoms. The van der Waals surface area contributed by atoms with Crippen LogP contribution in [0.1, 0.15) is 19.4 Å². The summed E-state index contributed by atoms with van der Waals surface area (Å²) in [5, 5.41) is 7.34. The van der Waals surface area contributed by atoms with Crippen LogP contribution in [0.3, 0.4) is 0 Å². The number of carbonyl (C=O) groups is 1. The van der Waals surface area contributed by atoms with Crippen molar-refractivity contribution in [2.45, 2.75) is 20.3 Å². The fourth-order valence-electron chi connectivity index (χ4n) is 3.26. The van der Waals surface area contributed by atoms with Crippen LogP contribution in [0.25, 0.3) is 17.1 Å². The Bertz CT molecular complexity index is 1220. The Morgan fingerprint density at radius 3 is 2.39 bits per heavy atom. The number of nitrogens with zero attached hydrogens (tertiary/aromatic N) is 3. The quantitative estimate of drug-likeness (QED) is 0.401. The van der Waals surface area contributed by atoms with Crippen molar-refractivity contribution in [3.63, 3.8) is 0 Å². The van der Waals surface area contributed by atoms with Crippen LogP contribution in [0.2, 0.25) is 0 Å². The summed E-state index contributed by atoms with van der Waals surface area (Å²) in [5.41, 5.74) is 2.59. The number of ether oxygens (including phenoxy) is 1. The van der Waals surface area contributed by atoms with Crippen LogP contribution in [0.5, 0.6) is 6.01 Å². The number of nitrogens with one attached hydrogen (secondary N) is 1. The predicted molar refractivity (Wildman–Crippen MR) is 126 cm³/mol. The second-order valence-corrected chi connectivity index (χ2v) is 8.07. The summed E-state index contributed by atoms with van der Waals surface area (Å²) in [6.07, 6.45) is 0.291. The fourth-order valence-corrected chi connectivity index (χ4v) is 3.26. The van der Waals surface area contributed by atoms with E-state index in [-0.39, 0.29) is 11.9 Å². The SMILES string of the molecule is CC(C)COc1nc(-c2ccccc2F)n(-c2ccc(NC(=O)Cc3ccccc3)cc2)n1. The van der Waals surface area contributed by atoms with E-state index in [1.807, 2.05) is 44.2 Å². The molecule has 3 aromatic carbocycles. The van der Waals surface area contributed by atoms with Crippen molar-refractivity contribution in [2.24, 2.45) is 5.92 Å². The third kappa shape index (κ3) is 5.63. The molecule has 0 spiro atoms. The predicted octanol–water partition coefficient (Wildman–Crippen LogP) is 5.29. The Kier molecular flexibility index (Phi) is 6.78. The number of amides is 1. The third-order valence-electron chi connectivity index (χ3n) is 4.85. The second-order valence-electron chi connectivity index (χ2n) is 8.07. The molecule has 0 radical (unpaired) electrons. The lowest BCUT2D eigenvalue weighted by molar-refractivity contribution is -0.115. The van der Waals surface area contributed by atoms with Crippen molar-refractivity contribution in [2.75, 3.05) is 11.9 Å². The van der Waals surface area contributed by atoms with Crippen molar-refractivity contribution in [3.8, 4) is 23.1 Å². The van der Waals surface area contributed by atoms with Gasteiger partial charge in [0, 0.05) is 5.69 Å². The lowest BCUT2D eigenvalue weighted by Crippen LogP contribution is -2.14. The summed E-state index contributed by atoms with van der Waals surface area (Å²) in [5.74, 6) is 0.137. The molecule has 1 aromatic heterocycles. The van der Waals surface area contributed by atoms with E-state index in [0.717, 1.165) is 5.56 Å². The molecular weight excluding hydrogens is 419 g/mol. The van der Waals surface area contributed by atoms with Crippen LogP contribution < -0.4 is 10.1 Å². The fraction of sp³-hybridized carbons (Fsp3) is 0.192. The monoisotopic (exact) mass is 444 g/mol. The molecule has 1 heterocycles. The van der Waals surface area contributed by atoms with Gasteiger partial charge < -0.3 is 10.1 Å². The highest BCUT2D eigenvalue weighted by atomic mass is 19.1. The van der Waals surface area contributed by atoms with E-state index in [2.05, 4.69) is 15.4 Å². The van der Waals surface area contributed by atoms with E-state index < -0.39 is 5.82 Å². The van der Waals surface area contributed by atoms with Gasteiger partial charge in [0.2, 0.25) is 5.91 Å². The topological polar surface area (TPSA) is 69.0 Å². The molecule has 0 aliphatic carbocycles. The van der Waals surface area contributed by atoms with Gasteiger partial charge in [0.1, 0.15) is 5.82 Å². The van der Waals surface area contributed by atoms with Gasteiger partial charge in [-0.2, -0.15) is 4.98 Å². The molecule has 0 fully saturated rings. The minimum Gasteiger partial charge on any atom is -0.462 e. The number of halogens is 1. The van der Waals surface area contributed by atoms with Crippen molar-refractivity contribution < 1.29 is 13.9 Å². The van der Waals surface area contributed by atoms with Gasteiger partial charge in [0.25, 0.3) is 0 Å². The van der Waals surface area contributed by atoms with Crippen molar-refractivity contribution in [1.82, 2.24) is 14.8 Å². The highest BCUT2D eigenvalue weighted by Gasteiger charge is 2.18. The number of carbonyl (C=O) groups excluding carboxylic acids is 1. The first-order valence-electron chi connectivity index (χ1n) is 10.8. The van der Waals surface area contributed by atoms with Gasteiger partial charge in [-0.05, 0) is 47.9 Å². The molecule has 33 heavy (non-hydrogen) atoms. The minimum absolute atomic E-state index is 0.105. The molecular formula is C26H25FN4O2. The minimum atomic E-state index is -0.397. The molecule has 0 aliphatic heterocycles. The van der Waals surface area contributed by atoms with Gasteiger partial charge in [-0.1, -0.05) is 56.3 Å². The van der Waals surface area contributed by atoms with E-state index in [1.165, 1.54) is 6.07 Å². The number of benzene rings is 3. The molecule has 0 atom stereocenters. The number of rotatable bonds is 8. The van der Waals surface area contributed by atoms with Gasteiger partial charge in [-0.25, -0.2) is 9.07 Å². The van der Waals surface area contributed by atoms with Crippen LogP contribution >= 0.6 is 0 Å². The van der Waals surface area contributed by atoms with Crippen molar-refractivity contribution >= 4 is 11.6 Å². The summed E-state index contributed by atoms with van der Waals surface area (Å²) in [6, 6.07) is 23.3. The van der Waals surface area contributed by atoms with Crippen LogP contribution in [0.4, 0.5) is 10.1 Å². The van der Waals surface area contributed by atoms with Gasteiger partial charge in [-0.15, -0.1) is 5.10 Å². The summed E-state index contributed by atoms with van der Waals surface area (Å²) in [7, 11) is 0. The van der Waals surface area contributed by atoms with Crippen LogP contribution in [0, 0.1) is 11.7 Å². The molecule has 0 aliphatic rings. The molecule has 7 heteroatoms. The number of hydrogen-bond acceptors (Lipinski definition) is 4. The van der Waals surface area contributed by atoms with Crippen LogP contribution in [-0.2, 0) is 11.2 Å². The Labute approximate surface area is 192 Å².